The SMILES string of the molecule is NC/C(=C\F)COc1ccc(S(=O)(=O)CC2CCN(C(=O)C3CC3)CC2)c(F)c1. The molecule has 2 fully saturated rings. The standard InChI is InChI=1S/C20H26F2N2O4S/c21-10-15(11-23)12-28-17-3-4-19(18(22)9-17)29(26,27)13-14-5-7-24(8-6-14)20(25)16-1-2-16/h3-4,9-10,14,16H,1-2,5-8,11-13,23H2/b15-10+. The van der Waals surface area contributed by atoms with Crippen LogP contribution < -0.4 is 10.5 Å². The van der Waals surface area contributed by atoms with Crippen molar-refractivity contribution in [2.24, 2.45) is 17.6 Å². The highest BCUT2D eigenvalue weighted by Gasteiger charge is 2.35. The van der Waals surface area contributed by atoms with E-state index >= 15 is 0 Å². The van der Waals surface area contributed by atoms with E-state index < -0.39 is 15.7 Å². The van der Waals surface area contributed by atoms with Gasteiger partial charge in [0.25, 0.3) is 0 Å². The lowest BCUT2D eigenvalue weighted by Gasteiger charge is -2.32. The number of carbonyl (C=O) groups excluding carboxylic acids is 1. The highest BCUT2D eigenvalue weighted by atomic mass is 32.2. The summed E-state index contributed by atoms with van der Waals surface area (Å²) in [5, 5.41) is 0. The number of likely N-dealkylation sites (tertiary alicyclic amines) is 1. The molecule has 0 spiro atoms. The summed E-state index contributed by atoms with van der Waals surface area (Å²) in [6.07, 6.45) is 3.42. The van der Waals surface area contributed by atoms with E-state index in [1.54, 1.807) is 0 Å². The molecular formula is C20H26F2N2O4S. The Kier molecular flexibility index (Phi) is 6.89. The first kappa shape index (κ1) is 21.7. The monoisotopic (exact) mass is 428 g/mol. The van der Waals surface area contributed by atoms with Crippen molar-refractivity contribution in [3.05, 3.63) is 35.9 Å². The Balaban J connectivity index is 1.58. The molecule has 2 N–H and O–H groups in total. The summed E-state index contributed by atoms with van der Waals surface area (Å²) >= 11 is 0. The van der Waals surface area contributed by atoms with Gasteiger partial charge in [0, 0.05) is 37.2 Å². The van der Waals surface area contributed by atoms with Crippen LogP contribution in [0.15, 0.2) is 35.0 Å². The number of amides is 1. The van der Waals surface area contributed by atoms with Crippen LogP contribution in [0, 0.1) is 17.7 Å². The van der Waals surface area contributed by atoms with Crippen molar-refractivity contribution in [1.82, 2.24) is 4.90 Å². The maximum atomic E-state index is 14.4. The van der Waals surface area contributed by atoms with Crippen LogP contribution in [0.5, 0.6) is 5.75 Å². The Morgan fingerprint density at radius 3 is 2.48 bits per heavy atom. The van der Waals surface area contributed by atoms with Crippen LogP contribution in [0.25, 0.3) is 0 Å². The van der Waals surface area contributed by atoms with E-state index in [0.717, 1.165) is 18.9 Å². The van der Waals surface area contributed by atoms with Crippen molar-refractivity contribution in [2.45, 2.75) is 30.6 Å². The molecule has 3 rings (SSSR count). The first-order valence-corrected chi connectivity index (χ1v) is 11.4. The van der Waals surface area contributed by atoms with Crippen LogP contribution in [0.3, 0.4) is 0 Å². The fraction of sp³-hybridized carbons (Fsp3) is 0.550. The molecule has 29 heavy (non-hydrogen) atoms. The van der Waals surface area contributed by atoms with Crippen LogP contribution in [-0.2, 0) is 14.6 Å². The second kappa shape index (κ2) is 9.21. The zero-order valence-corrected chi connectivity index (χ0v) is 17.0. The lowest BCUT2D eigenvalue weighted by Crippen LogP contribution is -2.40. The molecule has 1 amide bonds. The number of piperidine rings is 1. The number of nitrogens with zero attached hydrogens (tertiary/aromatic N) is 1. The van der Waals surface area contributed by atoms with Gasteiger partial charge in [-0.2, -0.15) is 0 Å². The number of carbonyl (C=O) groups is 1. The molecule has 1 aromatic rings. The Morgan fingerprint density at radius 1 is 1.24 bits per heavy atom. The number of sulfone groups is 1. The topological polar surface area (TPSA) is 89.7 Å². The van der Waals surface area contributed by atoms with E-state index in [-0.39, 0.29) is 52.9 Å². The van der Waals surface area contributed by atoms with E-state index in [1.807, 2.05) is 4.90 Å². The van der Waals surface area contributed by atoms with Gasteiger partial charge in [-0.25, -0.2) is 17.2 Å². The Labute approximate surface area is 169 Å². The maximum Gasteiger partial charge on any atom is 0.225 e. The molecule has 0 unspecified atom stereocenters. The molecule has 0 bridgehead atoms. The van der Waals surface area contributed by atoms with Gasteiger partial charge in [-0.3, -0.25) is 4.79 Å². The third kappa shape index (κ3) is 5.54. The molecule has 2 aliphatic rings. The second-order valence-corrected chi connectivity index (χ2v) is 9.68. The van der Waals surface area contributed by atoms with Crippen molar-refractivity contribution < 1.29 is 26.7 Å². The molecule has 0 aromatic heterocycles. The normalized spacial score (nSPS) is 18.7. The third-order valence-electron chi connectivity index (χ3n) is 5.39. The summed E-state index contributed by atoms with van der Waals surface area (Å²) in [5.41, 5.74) is 5.53. The van der Waals surface area contributed by atoms with Gasteiger partial charge in [0.2, 0.25) is 5.91 Å². The van der Waals surface area contributed by atoms with Gasteiger partial charge in [-0.05, 0) is 43.7 Å². The van der Waals surface area contributed by atoms with Crippen LogP contribution in [-0.4, -0.2) is 51.2 Å². The minimum atomic E-state index is -3.82. The summed E-state index contributed by atoms with van der Waals surface area (Å²) in [6.45, 7) is 0.930. The highest BCUT2D eigenvalue weighted by molar-refractivity contribution is 7.91. The molecule has 1 aliphatic heterocycles. The lowest BCUT2D eigenvalue weighted by molar-refractivity contribution is -0.133. The van der Waals surface area contributed by atoms with E-state index in [9.17, 15) is 22.0 Å². The minimum Gasteiger partial charge on any atom is -0.489 e. The zero-order valence-electron chi connectivity index (χ0n) is 16.1. The van der Waals surface area contributed by atoms with Gasteiger partial charge in [-0.1, -0.05) is 0 Å². The molecule has 1 aromatic carbocycles. The molecular weight excluding hydrogens is 402 g/mol. The van der Waals surface area contributed by atoms with Gasteiger partial charge < -0.3 is 15.4 Å². The quantitative estimate of drug-likeness (QED) is 0.687. The van der Waals surface area contributed by atoms with Gasteiger partial charge in [0.15, 0.2) is 9.84 Å². The molecule has 1 saturated carbocycles. The van der Waals surface area contributed by atoms with E-state index in [4.69, 9.17) is 10.5 Å². The number of nitrogens with two attached hydrogens (primary N) is 1. The summed E-state index contributed by atoms with van der Waals surface area (Å²) in [7, 11) is -3.82. The van der Waals surface area contributed by atoms with Crippen molar-refractivity contribution in [3.8, 4) is 5.75 Å². The number of hydrogen-bond donors (Lipinski definition) is 1. The van der Waals surface area contributed by atoms with Gasteiger partial charge >= 0.3 is 0 Å². The zero-order chi connectivity index (χ0) is 21.0. The third-order valence-corrected chi connectivity index (χ3v) is 7.30. The average molecular weight is 429 g/mol. The number of halogens is 2. The Bertz CT molecular complexity index is 876. The van der Waals surface area contributed by atoms with Gasteiger partial charge in [0.05, 0.1) is 12.1 Å². The molecule has 0 atom stereocenters. The van der Waals surface area contributed by atoms with Crippen LogP contribution in [0.4, 0.5) is 8.78 Å². The number of benzene rings is 1. The number of rotatable bonds is 8. The maximum absolute atomic E-state index is 14.4. The fourth-order valence-corrected chi connectivity index (χ4v) is 5.21. The predicted octanol–water partition coefficient (Wildman–Crippen LogP) is 2.44. The van der Waals surface area contributed by atoms with Crippen LogP contribution >= 0.6 is 0 Å². The molecule has 0 radical (unpaired) electrons. The predicted molar refractivity (Wildman–Crippen MR) is 104 cm³/mol. The molecule has 160 valence electrons. The van der Waals surface area contributed by atoms with E-state index in [0.29, 0.717) is 32.3 Å². The van der Waals surface area contributed by atoms with Crippen LogP contribution in [0.2, 0.25) is 0 Å². The highest BCUT2D eigenvalue weighted by Crippen LogP contribution is 2.33. The molecule has 9 heteroatoms. The molecule has 1 saturated heterocycles. The Hall–Kier alpha value is -2.00. The minimum absolute atomic E-state index is 0.0312. The summed E-state index contributed by atoms with van der Waals surface area (Å²) < 4.78 is 57.5. The molecule has 1 aliphatic carbocycles. The number of hydrogen-bond acceptors (Lipinski definition) is 5. The average Bonchev–Trinajstić information content (AvgIpc) is 3.54. The smallest absolute Gasteiger partial charge is 0.225 e. The van der Waals surface area contributed by atoms with Crippen molar-refractivity contribution in [3.63, 3.8) is 0 Å². The lowest BCUT2D eigenvalue weighted by atomic mass is 9.98. The van der Waals surface area contributed by atoms with Gasteiger partial charge in [-0.15, -0.1) is 0 Å². The van der Waals surface area contributed by atoms with E-state index in [2.05, 4.69) is 0 Å². The largest absolute Gasteiger partial charge is 0.489 e. The van der Waals surface area contributed by atoms with Crippen molar-refractivity contribution >= 4 is 15.7 Å². The summed E-state index contributed by atoms with van der Waals surface area (Å²) in [5.74, 6) is -0.735. The Morgan fingerprint density at radius 2 is 1.93 bits per heavy atom. The fourth-order valence-electron chi connectivity index (χ4n) is 3.44. The molecule has 6 nitrogen and oxygen atoms in total. The van der Waals surface area contributed by atoms with Crippen LogP contribution in [0.1, 0.15) is 25.7 Å². The van der Waals surface area contributed by atoms with E-state index in [1.165, 1.54) is 12.1 Å². The first-order valence-electron chi connectivity index (χ1n) is 9.76. The van der Waals surface area contributed by atoms with Gasteiger partial charge in [0.1, 0.15) is 23.1 Å². The van der Waals surface area contributed by atoms with Crippen molar-refractivity contribution in [1.29, 1.82) is 0 Å². The van der Waals surface area contributed by atoms with Crippen molar-refractivity contribution in [2.75, 3.05) is 32.0 Å². The first-order chi connectivity index (χ1) is 13.8. The second-order valence-electron chi connectivity index (χ2n) is 7.68. The summed E-state index contributed by atoms with van der Waals surface area (Å²) in [4.78, 5) is 13.5. The molecule has 1 heterocycles. The summed E-state index contributed by atoms with van der Waals surface area (Å²) in [6, 6.07) is 3.50. The number of ether oxygens (including phenoxy) is 1.